The molecule has 0 atom stereocenters. The first-order valence-electron chi connectivity index (χ1n) is 10.9. The molecule has 35 heavy (non-hydrogen) atoms. The number of carbonyl (C=O) groups excluding carboxylic acids is 3. The summed E-state index contributed by atoms with van der Waals surface area (Å²) in [6.45, 7) is 3.93. The predicted octanol–water partition coefficient (Wildman–Crippen LogP) is 5.51. The highest BCUT2D eigenvalue weighted by molar-refractivity contribution is 6.34. The first-order chi connectivity index (χ1) is 16.7. The van der Waals surface area contributed by atoms with Crippen LogP contribution < -0.4 is 20.3 Å². The Kier molecular flexibility index (Phi) is 7.28. The summed E-state index contributed by atoms with van der Waals surface area (Å²) in [5.41, 5.74) is 2.32. The summed E-state index contributed by atoms with van der Waals surface area (Å²) in [6.07, 6.45) is 0. The van der Waals surface area contributed by atoms with Crippen molar-refractivity contribution >= 4 is 52.3 Å². The number of benzene rings is 3. The Morgan fingerprint density at radius 2 is 1.86 bits per heavy atom. The molecule has 4 rings (SSSR count). The summed E-state index contributed by atoms with van der Waals surface area (Å²) in [4.78, 5) is 39.4. The van der Waals surface area contributed by atoms with Crippen LogP contribution in [0.4, 0.5) is 11.4 Å². The molecule has 180 valence electrons. The number of hydrogen-bond acceptors (Lipinski definition) is 4. The second-order valence-electron chi connectivity index (χ2n) is 8.34. The molecule has 2 N–H and O–H groups in total. The average molecular weight is 512 g/mol. The van der Waals surface area contributed by atoms with Crippen LogP contribution in [0.3, 0.4) is 0 Å². The fourth-order valence-corrected chi connectivity index (χ4v) is 3.91. The number of carbonyl (C=O) groups is 3. The van der Waals surface area contributed by atoms with Gasteiger partial charge in [-0.2, -0.15) is 0 Å². The van der Waals surface area contributed by atoms with Crippen molar-refractivity contribution in [3.63, 3.8) is 0 Å². The predicted molar refractivity (Wildman–Crippen MR) is 136 cm³/mol. The fourth-order valence-electron chi connectivity index (χ4n) is 3.52. The van der Waals surface area contributed by atoms with E-state index in [1.807, 2.05) is 0 Å². The molecule has 0 aromatic heterocycles. The molecule has 0 unspecified atom stereocenters. The Labute approximate surface area is 213 Å². The van der Waals surface area contributed by atoms with Gasteiger partial charge in [-0.25, -0.2) is 0 Å². The number of hydrogen-bond donors (Lipinski definition) is 2. The second-order valence-corrected chi connectivity index (χ2v) is 9.18. The van der Waals surface area contributed by atoms with Crippen LogP contribution in [-0.2, 0) is 11.3 Å². The highest BCUT2D eigenvalue weighted by Crippen LogP contribution is 2.32. The van der Waals surface area contributed by atoms with Gasteiger partial charge < -0.3 is 15.4 Å². The van der Waals surface area contributed by atoms with E-state index in [0.717, 1.165) is 5.56 Å². The molecular formula is C26H23Cl2N3O4. The summed E-state index contributed by atoms with van der Waals surface area (Å²) in [6, 6.07) is 16.8. The maximum Gasteiger partial charge on any atom is 0.264 e. The van der Waals surface area contributed by atoms with Crippen molar-refractivity contribution in [3.8, 4) is 5.75 Å². The van der Waals surface area contributed by atoms with Crippen molar-refractivity contribution in [2.75, 3.05) is 16.9 Å². The van der Waals surface area contributed by atoms with Crippen LogP contribution in [0.15, 0.2) is 60.7 Å². The lowest BCUT2D eigenvalue weighted by atomic mass is 10.1. The van der Waals surface area contributed by atoms with E-state index in [9.17, 15) is 14.4 Å². The number of halogens is 2. The Bertz CT molecular complexity index is 1310. The standard InChI is InChI=1S/C26H23Cl2N3O4/c1-15(2)24(32)29-13-16-6-8-22(28)20(10-16)25(33)30-18-7-9-23-21(12-18)26(34)31(14-35-23)19-5-3-4-17(27)11-19/h3-12,15H,13-14H2,1-2H3,(H,29,32)(H,30,33). The smallest absolute Gasteiger partial charge is 0.264 e. The van der Waals surface area contributed by atoms with Crippen molar-refractivity contribution in [2.24, 2.45) is 5.92 Å². The van der Waals surface area contributed by atoms with E-state index >= 15 is 0 Å². The Morgan fingerprint density at radius 1 is 1.06 bits per heavy atom. The zero-order valence-electron chi connectivity index (χ0n) is 19.1. The molecule has 0 aliphatic carbocycles. The van der Waals surface area contributed by atoms with Gasteiger partial charge in [-0.15, -0.1) is 0 Å². The van der Waals surface area contributed by atoms with E-state index in [0.29, 0.717) is 27.7 Å². The van der Waals surface area contributed by atoms with Crippen molar-refractivity contribution < 1.29 is 19.1 Å². The topological polar surface area (TPSA) is 87.7 Å². The van der Waals surface area contributed by atoms with Crippen molar-refractivity contribution in [2.45, 2.75) is 20.4 Å². The maximum atomic E-state index is 13.1. The molecule has 0 radical (unpaired) electrons. The lowest BCUT2D eigenvalue weighted by Gasteiger charge is -2.29. The summed E-state index contributed by atoms with van der Waals surface area (Å²) in [5, 5.41) is 6.38. The molecule has 0 fully saturated rings. The minimum absolute atomic E-state index is 0.0492. The lowest BCUT2D eigenvalue weighted by molar-refractivity contribution is -0.124. The first kappa shape index (κ1) is 24.6. The summed E-state index contributed by atoms with van der Waals surface area (Å²) in [5.74, 6) is -0.519. The lowest BCUT2D eigenvalue weighted by Crippen LogP contribution is -2.38. The van der Waals surface area contributed by atoms with Gasteiger partial charge in [-0.05, 0) is 54.1 Å². The molecule has 0 saturated heterocycles. The van der Waals surface area contributed by atoms with Crippen molar-refractivity contribution in [1.82, 2.24) is 5.32 Å². The first-order valence-corrected chi connectivity index (χ1v) is 11.7. The number of amides is 3. The fraction of sp³-hybridized carbons (Fsp3) is 0.192. The molecular weight excluding hydrogens is 489 g/mol. The molecule has 3 amide bonds. The van der Waals surface area contributed by atoms with E-state index in [1.54, 1.807) is 74.5 Å². The number of nitrogens with zero attached hydrogens (tertiary/aromatic N) is 1. The number of ether oxygens (including phenoxy) is 1. The third kappa shape index (κ3) is 5.58. The minimum atomic E-state index is -0.442. The molecule has 1 aliphatic rings. The number of nitrogens with one attached hydrogen (secondary N) is 2. The van der Waals surface area contributed by atoms with Gasteiger partial charge in [0.1, 0.15) is 5.75 Å². The summed E-state index contributed by atoms with van der Waals surface area (Å²) < 4.78 is 5.74. The molecule has 1 heterocycles. The molecule has 0 saturated carbocycles. The van der Waals surface area contributed by atoms with Crippen molar-refractivity contribution in [1.29, 1.82) is 0 Å². The Morgan fingerprint density at radius 3 is 2.60 bits per heavy atom. The summed E-state index contributed by atoms with van der Waals surface area (Å²) >= 11 is 12.3. The number of fused-ring (bicyclic) bond motifs is 1. The highest BCUT2D eigenvalue weighted by Gasteiger charge is 2.27. The minimum Gasteiger partial charge on any atom is -0.472 e. The van der Waals surface area contributed by atoms with Crippen LogP contribution in [0.25, 0.3) is 0 Å². The van der Waals surface area contributed by atoms with Gasteiger partial charge in [0.05, 0.1) is 16.1 Å². The molecule has 1 aliphatic heterocycles. The van der Waals surface area contributed by atoms with E-state index in [-0.39, 0.29) is 41.6 Å². The van der Waals surface area contributed by atoms with Crippen LogP contribution in [-0.4, -0.2) is 24.5 Å². The zero-order chi connectivity index (χ0) is 25.1. The van der Waals surface area contributed by atoms with Gasteiger partial charge in [-0.1, -0.05) is 49.2 Å². The van der Waals surface area contributed by atoms with Gasteiger partial charge in [0.2, 0.25) is 5.91 Å². The number of anilines is 2. The highest BCUT2D eigenvalue weighted by atomic mass is 35.5. The van der Waals surface area contributed by atoms with Crippen LogP contribution in [0.5, 0.6) is 5.75 Å². The second kappa shape index (κ2) is 10.4. The van der Waals surface area contributed by atoms with Crippen LogP contribution >= 0.6 is 23.2 Å². The van der Waals surface area contributed by atoms with Gasteiger partial charge in [-0.3, -0.25) is 19.3 Å². The maximum absolute atomic E-state index is 13.1. The van der Waals surface area contributed by atoms with E-state index in [1.165, 1.54) is 4.90 Å². The normalized spacial score (nSPS) is 12.7. The monoisotopic (exact) mass is 511 g/mol. The van der Waals surface area contributed by atoms with Crippen molar-refractivity contribution in [3.05, 3.63) is 87.4 Å². The molecule has 7 nitrogen and oxygen atoms in total. The van der Waals surface area contributed by atoms with E-state index < -0.39 is 5.91 Å². The Balaban J connectivity index is 1.52. The van der Waals surface area contributed by atoms with Gasteiger partial charge in [0.25, 0.3) is 11.8 Å². The van der Waals surface area contributed by atoms with Gasteiger partial charge in [0, 0.05) is 28.9 Å². The largest absolute Gasteiger partial charge is 0.472 e. The molecule has 3 aromatic carbocycles. The van der Waals surface area contributed by atoms with Crippen LogP contribution in [0.1, 0.15) is 40.1 Å². The van der Waals surface area contributed by atoms with Gasteiger partial charge in [0.15, 0.2) is 6.73 Å². The molecule has 0 bridgehead atoms. The SMILES string of the molecule is CC(C)C(=O)NCc1ccc(Cl)c(C(=O)Nc2ccc3c(c2)C(=O)N(c2cccc(Cl)c2)CO3)c1. The third-order valence-corrected chi connectivity index (χ3v) is 6.01. The summed E-state index contributed by atoms with van der Waals surface area (Å²) in [7, 11) is 0. The molecule has 3 aromatic rings. The van der Waals surface area contributed by atoms with E-state index in [2.05, 4.69) is 10.6 Å². The van der Waals surface area contributed by atoms with E-state index in [4.69, 9.17) is 27.9 Å². The van der Waals surface area contributed by atoms with Crippen LogP contribution in [0, 0.1) is 5.92 Å². The number of rotatable bonds is 6. The quantitative estimate of drug-likeness (QED) is 0.456. The average Bonchev–Trinajstić information content (AvgIpc) is 2.83. The van der Waals surface area contributed by atoms with Crippen LogP contribution in [0.2, 0.25) is 10.0 Å². The molecule has 0 spiro atoms. The third-order valence-electron chi connectivity index (χ3n) is 5.45. The Hall–Kier alpha value is -3.55. The molecule has 9 heteroatoms. The van der Waals surface area contributed by atoms with Gasteiger partial charge >= 0.3 is 0 Å². The zero-order valence-corrected chi connectivity index (χ0v) is 20.6.